The van der Waals surface area contributed by atoms with Crippen molar-refractivity contribution in [1.29, 1.82) is 0 Å². The first kappa shape index (κ1) is 23.6. The van der Waals surface area contributed by atoms with Crippen molar-refractivity contribution in [2.45, 2.75) is 33.4 Å². The van der Waals surface area contributed by atoms with Crippen molar-refractivity contribution in [2.75, 3.05) is 40.3 Å². The summed E-state index contributed by atoms with van der Waals surface area (Å²) in [5.41, 5.74) is 3.33. The molecule has 1 aromatic heterocycles. The van der Waals surface area contributed by atoms with Gasteiger partial charge in [-0.15, -0.1) is 0 Å². The second-order valence-corrected chi connectivity index (χ2v) is 8.03. The summed E-state index contributed by atoms with van der Waals surface area (Å²) in [6.07, 6.45) is 0.982. The van der Waals surface area contributed by atoms with Crippen LogP contribution in [0.4, 0.5) is 0 Å². The van der Waals surface area contributed by atoms with Crippen LogP contribution in [0.2, 0.25) is 0 Å². The number of nitrogens with one attached hydrogen (secondary N) is 2. The molecule has 3 aromatic rings. The van der Waals surface area contributed by atoms with Crippen molar-refractivity contribution in [3.05, 3.63) is 59.9 Å². The molecule has 2 N–H and O–H groups in total. The molecule has 172 valence electrons. The largest absolute Gasteiger partial charge is 0.492 e. The molecule has 0 spiro atoms. The molecule has 0 atom stereocenters. The highest BCUT2D eigenvalue weighted by Gasteiger charge is 2.07. The average molecular weight is 437 g/mol. The standard InChI is InChI=1S/C25H36N6O/c1-5-26-25(28-19-21-11-6-9-14-24(21)32-18-17-30(3)4)27-15-10-16-31-20(2)29-22-12-7-8-13-23(22)31/h6-9,11-14H,5,10,15-19H2,1-4H3,(H2,26,27,28). The lowest BCUT2D eigenvalue weighted by molar-refractivity contribution is 0.259. The van der Waals surface area contributed by atoms with Crippen LogP contribution in [0, 0.1) is 6.92 Å². The van der Waals surface area contributed by atoms with Crippen molar-refractivity contribution in [3.63, 3.8) is 0 Å². The summed E-state index contributed by atoms with van der Waals surface area (Å²) in [6, 6.07) is 16.4. The van der Waals surface area contributed by atoms with Crippen LogP contribution in [0.15, 0.2) is 53.5 Å². The summed E-state index contributed by atoms with van der Waals surface area (Å²) >= 11 is 0. The summed E-state index contributed by atoms with van der Waals surface area (Å²) < 4.78 is 8.25. The third kappa shape index (κ3) is 6.72. The quantitative estimate of drug-likeness (QED) is 0.274. The zero-order valence-electron chi connectivity index (χ0n) is 19.8. The Morgan fingerprint density at radius 1 is 1.09 bits per heavy atom. The molecule has 0 unspecified atom stereocenters. The fourth-order valence-corrected chi connectivity index (χ4v) is 3.54. The molecule has 0 saturated carbocycles. The smallest absolute Gasteiger partial charge is 0.191 e. The fraction of sp³-hybridized carbons (Fsp3) is 0.440. The molecule has 0 bridgehead atoms. The van der Waals surface area contributed by atoms with E-state index < -0.39 is 0 Å². The topological polar surface area (TPSA) is 66.7 Å². The van der Waals surface area contributed by atoms with Gasteiger partial charge in [-0.05, 0) is 52.6 Å². The van der Waals surface area contributed by atoms with E-state index in [0.29, 0.717) is 13.2 Å². The van der Waals surface area contributed by atoms with E-state index in [0.717, 1.165) is 61.2 Å². The molecular weight excluding hydrogens is 400 g/mol. The average Bonchev–Trinajstić information content (AvgIpc) is 3.10. The SMILES string of the molecule is CCNC(=NCc1ccccc1OCCN(C)C)NCCCn1c(C)nc2ccccc21. The van der Waals surface area contributed by atoms with Gasteiger partial charge in [-0.25, -0.2) is 9.98 Å². The van der Waals surface area contributed by atoms with Gasteiger partial charge in [0.15, 0.2) is 5.96 Å². The Hall–Kier alpha value is -3.06. The minimum absolute atomic E-state index is 0.568. The predicted molar refractivity (Wildman–Crippen MR) is 132 cm³/mol. The number of nitrogens with zero attached hydrogens (tertiary/aromatic N) is 4. The highest BCUT2D eigenvalue weighted by atomic mass is 16.5. The zero-order valence-corrected chi connectivity index (χ0v) is 19.8. The van der Waals surface area contributed by atoms with E-state index in [9.17, 15) is 0 Å². The number of benzene rings is 2. The first-order valence-corrected chi connectivity index (χ1v) is 11.4. The minimum atomic E-state index is 0.568. The van der Waals surface area contributed by atoms with Gasteiger partial charge in [0.2, 0.25) is 0 Å². The lowest BCUT2D eigenvalue weighted by Gasteiger charge is -2.14. The van der Waals surface area contributed by atoms with Crippen LogP contribution < -0.4 is 15.4 Å². The molecule has 0 radical (unpaired) electrons. The van der Waals surface area contributed by atoms with Gasteiger partial charge in [0.1, 0.15) is 18.2 Å². The summed E-state index contributed by atoms with van der Waals surface area (Å²) in [6.45, 7) is 8.83. The maximum Gasteiger partial charge on any atom is 0.191 e. The van der Waals surface area contributed by atoms with Crippen LogP contribution in [-0.4, -0.2) is 60.7 Å². The van der Waals surface area contributed by atoms with Crippen LogP contribution in [0.1, 0.15) is 24.7 Å². The second kappa shape index (κ2) is 12.1. The summed E-state index contributed by atoms with van der Waals surface area (Å²) in [4.78, 5) is 11.5. The third-order valence-corrected chi connectivity index (χ3v) is 5.22. The number of hydrogen-bond acceptors (Lipinski definition) is 4. The van der Waals surface area contributed by atoms with Crippen LogP contribution in [-0.2, 0) is 13.1 Å². The number of aromatic nitrogens is 2. The van der Waals surface area contributed by atoms with E-state index in [-0.39, 0.29) is 0 Å². The number of aryl methyl sites for hydroxylation is 2. The fourth-order valence-electron chi connectivity index (χ4n) is 3.54. The molecule has 0 saturated heterocycles. The minimum Gasteiger partial charge on any atom is -0.492 e. The highest BCUT2D eigenvalue weighted by molar-refractivity contribution is 5.79. The lowest BCUT2D eigenvalue weighted by atomic mass is 10.2. The summed E-state index contributed by atoms with van der Waals surface area (Å²) in [5.74, 6) is 2.77. The number of para-hydroxylation sites is 3. The van der Waals surface area contributed by atoms with E-state index in [1.54, 1.807) is 0 Å². The number of rotatable bonds is 11. The Morgan fingerprint density at radius 2 is 1.88 bits per heavy atom. The van der Waals surface area contributed by atoms with Crippen molar-refractivity contribution in [2.24, 2.45) is 4.99 Å². The van der Waals surface area contributed by atoms with Crippen molar-refractivity contribution in [3.8, 4) is 5.75 Å². The molecule has 2 aromatic carbocycles. The molecule has 0 aliphatic carbocycles. The van der Waals surface area contributed by atoms with Crippen LogP contribution in [0.5, 0.6) is 5.75 Å². The molecule has 7 nitrogen and oxygen atoms in total. The molecule has 0 aliphatic heterocycles. The van der Waals surface area contributed by atoms with E-state index >= 15 is 0 Å². The van der Waals surface area contributed by atoms with Gasteiger partial charge in [0.05, 0.1) is 17.6 Å². The number of likely N-dealkylation sites (N-methyl/N-ethyl adjacent to an activating group) is 1. The number of hydrogen-bond donors (Lipinski definition) is 2. The molecule has 32 heavy (non-hydrogen) atoms. The van der Waals surface area contributed by atoms with Gasteiger partial charge in [-0.3, -0.25) is 0 Å². The van der Waals surface area contributed by atoms with Crippen molar-refractivity contribution in [1.82, 2.24) is 25.1 Å². The van der Waals surface area contributed by atoms with E-state index in [1.807, 2.05) is 38.4 Å². The van der Waals surface area contributed by atoms with E-state index in [4.69, 9.17) is 9.73 Å². The maximum atomic E-state index is 5.97. The van der Waals surface area contributed by atoms with Crippen molar-refractivity contribution >= 4 is 17.0 Å². The number of aliphatic imine (C=N–C) groups is 1. The molecule has 7 heteroatoms. The van der Waals surface area contributed by atoms with Gasteiger partial charge in [0.25, 0.3) is 0 Å². The molecule has 1 heterocycles. The monoisotopic (exact) mass is 436 g/mol. The predicted octanol–water partition coefficient (Wildman–Crippen LogP) is 3.43. The van der Waals surface area contributed by atoms with Crippen LogP contribution in [0.25, 0.3) is 11.0 Å². The molecular formula is C25H36N6O. The van der Waals surface area contributed by atoms with Crippen LogP contribution >= 0.6 is 0 Å². The molecule has 0 amide bonds. The maximum absolute atomic E-state index is 5.97. The Balaban J connectivity index is 1.54. The first-order chi connectivity index (χ1) is 15.6. The Morgan fingerprint density at radius 3 is 2.69 bits per heavy atom. The zero-order chi connectivity index (χ0) is 22.8. The molecule has 0 fully saturated rings. The van der Waals surface area contributed by atoms with Gasteiger partial charge >= 0.3 is 0 Å². The lowest BCUT2D eigenvalue weighted by Crippen LogP contribution is -2.38. The van der Waals surface area contributed by atoms with Gasteiger partial charge in [0, 0.05) is 31.7 Å². The molecule has 0 aliphatic rings. The number of imidazole rings is 1. The number of fused-ring (bicyclic) bond motifs is 1. The summed E-state index contributed by atoms with van der Waals surface area (Å²) in [5, 5.41) is 6.79. The van der Waals surface area contributed by atoms with Gasteiger partial charge < -0.3 is 24.8 Å². The van der Waals surface area contributed by atoms with E-state index in [1.165, 1.54) is 5.52 Å². The summed E-state index contributed by atoms with van der Waals surface area (Å²) in [7, 11) is 4.09. The first-order valence-electron chi connectivity index (χ1n) is 11.4. The van der Waals surface area contributed by atoms with Gasteiger partial charge in [-0.1, -0.05) is 30.3 Å². The van der Waals surface area contributed by atoms with Crippen molar-refractivity contribution < 1.29 is 4.74 Å². The van der Waals surface area contributed by atoms with Crippen LogP contribution in [0.3, 0.4) is 0 Å². The third-order valence-electron chi connectivity index (χ3n) is 5.22. The Labute approximate surface area is 191 Å². The Bertz CT molecular complexity index is 1010. The molecule has 3 rings (SSSR count). The second-order valence-electron chi connectivity index (χ2n) is 8.03. The number of ether oxygens (including phenoxy) is 1. The number of guanidine groups is 1. The normalized spacial score (nSPS) is 11.8. The highest BCUT2D eigenvalue weighted by Crippen LogP contribution is 2.19. The Kier molecular flexibility index (Phi) is 8.92. The van der Waals surface area contributed by atoms with Gasteiger partial charge in [-0.2, -0.15) is 0 Å². The van der Waals surface area contributed by atoms with E-state index in [2.05, 4.69) is 63.2 Å².